The standard InChI is InChI=1S/C14H26.C2H6/c1-5-8-11(3)14-10-7-9-12(4)13(14)6-2;1-2/h11-12H,5-10H2,1-4H3;1-2H3. The van der Waals surface area contributed by atoms with E-state index >= 15 is 0 Å². The van der Waals surface area contributed by atoms with Crippen LogP contribution in [0.2, 0.25) is 0 Å². The lowest BCUT2D eigenvalue weighted by atomic mass is 9.77. The Balaban J connectivity index is 0.00000106. The molecule has 0 spiro atoms. The quantitative estimate of drug-likeness (QED) is 0.516. The molecule has 0 nitrogen and oxygen atoms in total. The second-order valence-corrected chi connectivity index (χ2v) is 4.89. The Hall–Kier alpha value is -0.260. The molecule has 2 atom stereocenters. The monoisotopic (exact) mass is 224 g/mol. The van der Waals surface area contributed by atoms with E-state index in [-0.39, 0.29) is 0 Å². The van der Waals surface area contributed by atoms with Gasteiger partial charge in [-0.25, -0.2) is 0 Å². The molecule has 0 aliphatic heterocycles. The van der Waals surface area contributed by atoms with Gasteiger partial charge in [0.15, 0.2) is 0 Å². The number of hydrogen-bond donors (Lipinski definition) is 0. The molecule has 0 amide bonds. The van der Waals surface area contributed by atoms with Gasteiger partial charge in [0.1, 0.15) is 0 Å². The molecule has 0 heteroatoms. The topological polar surface area (TPSA) is 0 Å². The highest BCUT2D eigenvalue weighted by Gasteiger charge is 2.20. The summed E-state index contributed by atoms with van der Waals surface area (Å²) in [6.07, 6.45) is 8.22. The molecule has 0 bridgehead atoms. The molecule has 0 radical (unpaired) electrons. The van der Waals surface area contributed by atoms with E-state index in [1.54, 1.807) is 5.57 Å². The van der Waals surface area contributed by atoms with E-state index in [1.807, 2.05) is 19.4 Å². The Labute approximate surface area is 104 Å². The van der Waals surface area contributed by atoms with Crippen molar-refractivity contribution in [3.63, 3.8) is 0 Å². The van der Waals surface area contributed by atoms with Crippen LogP contribution in [-0.2, 0) is 0 Å². The average molecular weight is 224 g/mol. The van der Waals surface area contributed by atoms with Gasteiger partial charge in [0.25, 0.3) is 0 Å². The number of allylic oxidation sites excluding steroid dienone is 2. The van der Waals surface area contributed by atoms with Gasteiger partial charge in [0.2, 0.25) is 0 Å². The second-order valence-electron chi connectivity index (χ2n) is 4.89. The van der Waals surface area contributed by atoms with Crippen molar-refractivity contribution in [2.75, 3.05) is 0 Å². The zero-order valence-corrected chi connectivity index (χ0v) is 12.4. The summed E-state index contributed by atoms with van der Waals surface area (Å²) < 4.78 is 0. The fraction of sp³-hybridized carbons (Fsp3) is 0.875. The van der Waals surface area contributed by atoms with Gasteiger partial charge in [-0.15, -0.1) is 0 Å². The first-order chi connectivity index (χ1) is 7.70. The molecule has 16 heavy (non-hydrogen) atoms. The average Bonchev–Trinajstić information content (AvgIpc) is 2.31. The lowest BCUT2D eigenvalue weighted by Gasteiger charge is -2.29. The molecule has 0 aromatic rings. The summed E-state index contributed by atoms with van der Waals surface area (Å²) in [4.78, 5) is 0. The molecule has 0 saturated carbocycles. The zero-order chi connectivity index (χ0) is 12.6. The van der Waals surface area contributed by atoms with Crippen molar-refractivity contribution < 1.29 is 0 Å². The Morgan fingerprint density at radius 3 is 2.38 bits per heavy atom. The van der Waals surface area contributed by atoms with E-state index in [0.717, 1.165) is 11.8 Å². The molecule has 0 fully saturated rings. The Bertz CT molecular complexity index is 200. The van der Waals surface area contributed by atoms with Crippen LogP contribution < -0.4 is 0 Å². The molecule has 0 aromatic heterocycles. The summed E-state index contributed by atoms with van der Waals surface area (Å²) in [7, 11) is 0. The molecular formula is C16H32. The Kier molecular flexibility index (Phi) is 8.70. The summed E-state index contributed by atoms with van der Waals surface area (Å²) in [6.45, 7) is 13.5. The van der Waals surface area contributed by atoms with Crippen LogP contribution in [0.25, 0.3) is 0 Å². The lowest BCUT2D eigenvalue weighted by Crippen LogP contribution is -2.13. The third kappa shape index (κ3) is 4.31. The van der Waals surface area contributed by atoms with Crippen LogP contribution in [0.3, 0.4) is 0 Å². The first-order valence-corrected chi connectivity index (χ1v) is 7.42. The highest BCUT2D eigenvalue weighted by atomic mass is 14.3. The van der Waals surface area contributed by atoms with Crippen molar-refractivity contribution in [2.45, 2.75) is 80.1 Å². The van der Waals surface area contributed by atoms with Gasteiger partial charge < -0.3 is 0 Å². The summed E-state index contributed by atoms with van der Waals surface area (Å²) in [5.74, 6) is 1.71. The summed E-state index contributed by atoms with van der Waals surface area (Å²) in [5, 5.41) is 0. The van der Waals surface area contributed by atoms with Crippen LogP contribution in [0.4, 0.5) is 0 Å². The maximum Gasteiger partial charge on any atom is -0.0229 e. The maximum absolute atomic E-state index is 2.42. The SMILES string of the molecule is CC.CCCC(C)C1=C(CC)C(C)CCC1. The molecule has 1 aliphatic rings. The summed E-state index contributed by atoms with van der Waals surface area (Å²) in [5.41, 5.74) is 3.60. The predicted octanol–water partition coefficient (Wildman–Crippen LogP) is 5.98. The number of rotatable bonds is 4. The summed E-state index contributed by atoms with van der Waals surface area (Å²) >= 11 is 0. The van der Waals surface area contributed by atoms with Crippen LogP contribution in [0, 0.1) is 11.8 Å². The van der Waals surface area contributed by atoms with Crippen molar-refractivity contribution in [1.29, 1.82) is 0 Å². The first kappa shape index (κ1) is 15.7. The van der Waals surface area contributed by atoms with Crippen LogP contribution in [0.5, 0.6) is 0 Å². The van der Waals surface area contributed by atoms with Gasteiger partial charge in [0.05, 0.1) is 0 Å². The smallest absolute Gasteiger partial charge is 0.0229 e. The van der Waals surface area contributed by atoms with Crippen molar-refractivity contribution in [3.8, 4) is 0 Å². The van der Waals surface area contributed by atoms with Crippen LogP contribution in [0.1, 0.15) is 80.1 Å². The molecule has 0 N–H and O–H groups in total. The molecule has 96 valence electrons. The van der Waals surface area contributed by atoms with Gasteiger partial charge in [-0.3, -0.25) is 0 Å². The first-order valence-electron chi connectivity index (χ1n) is 7.42. The van der Waals surface area contributed by atoms with E-state index in [0.29, 0.717) is 0 Å². The minimum atomic E-state index is 0.845. The van der Waals surface area contributed by atoms with Gasteiger partial charge in [-0.1, -0.05) is 59.1 Å². The normalized spacial score (nSPS) is 22.5. The third-order valence-electron chi connectivity index (χ3n) is 3.79. The van der Waals surface area contributed by atoms with E-state index in [1.165, 1.54) is 38.5 Å². The van der Waals surface area contributed by atoms with Gasteiger partial charge in [-0.05, 0) is 43.9 Å². The minimum absolute atomic E-state index is 0.845. The molecule has 0 saturated heterocycles. The summed E-state index contributed by atoms with van der Waals surface area (Å²) in [6, 6.07) is 0. The highest BCUT2D eigenvalue weighted by Crippen LogP contribution is 2.36. The third-order valence-corrected chi connectivity index (χ3v) is 3.79. The van der Waals surface area contributed by atoms with Crippen molar-refractivity contribution in [1.82, 2.24) is 0 Å². The fourth-order valence-electron chi connectivity index (χ4n) is 3.00. The lowest BCUT2D eigenvalue weighted by molar-refractivity contribution is 0.467. The second kappa shape index (κ2) is 8.84. The Morgan fingerprint density at radius 2 is 1.88 bits per heavy atom. The van der Waals surface area contributed by atoms with Gasteiger partial charge in [-0.2, -0.15) is 0 Å². The van der Waals surface area contributed by atoms with Crippen LogP contribution in [0.15, 0.2) is 11.1 Å². The van der Waals surface area contributed by atoms with Gasteiger partial charge in [0, 0.05) is 0 Å². The molecule has 1 rings (SSSR count). The molecule has 1 aliphatic carbocycles. The number of hydrogen-bond acceptors (Lipinski definition) is 0. The van der Waals surface area contributed by atoms with Crippen molar-refractivity contribution >= 4 is 0 Å². The maximum atomic E-state index is 2.42. The van der Waals surface area contributed by atoms with Gasteiger partial charge >= 0.3 is 0 Å². The molecule has 0 heterocycles. The van der Waals surface area contributed by atoms with Crippen molar-refractivity contribution in [2.24, 2.45) is 11.8 Å². The highest BCUT2D eigenvalue weighted by molar-refractivity contribution is 5.21. The fourth-order valence-corrected chi connectivity index (χ4v) is 3.00. The van der Waals surface area contributed by atoms with E-state index < -0.39 is 0 Å². The van der Waals surface area contributed by atoms with E-state index in [9.17, 15) is 0 Å². The minimum Gasteiger partial charge on any atom is -0.0683 e. The largest absolute Gasteiger partial charge is 0.0683 e. The van der Waals surface area contributed by atoms with Crippen LogP contribution in [-0.4, -0.2) is 0 Å². The van der Waals surface area contributed by atoms with E-state index in [2.05, 4.69) is 27.7 Å². The van der Waals surface area contributed by atoms with E-state index in [4.69, 9.17) is 0 Å². The predicted molar refractivity (Wildman–Crippen MR) is 75.8 cm³/mol. The molecular weight excluding hydrogens is 192 g/mol. The Morgan fingerprint density at radius 1 is 1.25 bits per heavy atom. The van der Waals surface area contributed by atoms with Crippen molar-refractivity contribution in [3.05, 3.63) is 11.1 Å². The zero-order valence-electron chi connectivity index (χ0n) is 12.4. The van der Waals surface area contributed by atoms with Crippen LogP contribution >= 0.6 is 0 Å². The molecule has 2 unspecified atom stereocenters. The molecule has 0 aromatic carbocycles.